The molecule has 0 amide bonds. The van der Waals surface area contributed by atoms with Gasteiger partial charge in [0.2, 0.25) is 0 Å². The summed E-state index contributed by atoms with van der Waals surface area (Å²) in [6, 6.07) is 8.34. The Kier molecular flexibility index (Phi) is 4.65. The van der Waals surface area contributed by atoms with Crippen molar-refractivity contribution in [1.82, 2.24) is 4.98 Å². The Bertz CT molecular complexity index is 720. The van der Waals surface area contributed by atoms with Crippen LogP contribution < -0.4 is 4.72 Å². The molecule has 4 nitrogen and oxygen atoms in total. The first-order valence-electron chi connectivity index (χ1n) is 4.98. The predicted octanol–water partition coefficient (Wildman–Crippen LogP) is 4.17. The molecule has 0 radical (unpaired) electrons. The molecule has 1 aromatic carbocycles. The molecule has 0 aliphatic carbocycles. The third-order valence-electron chi connectivity index (χ3n) is 2.17. The van der Waals surface area contributed by atoms with Crippen LogP contribution >= 0.6 is 47.8 Å². The molecule has 0 aliphatic heterocycles. The van der Waals surface area contributed by atoms with E-state index in [4.69, 9.17) is 0 Å². The molecule has 8 heteroatoms. The summed E-state index contributed by atoms with van der Waals surface area (Å²) < 4.78 is 28.8. The molecule has 0 aliphatic rings. The fourth-order valence-corrected chi connectivity index (χ4v) is 4.34. The average molecular weight is 471 g/mol. The second-order valence-corrected chi connectivity index (χ2v) is 7.79. The van der Waals surface area contributed by atoms with Crippen LogP contribution in [0.4, 0.5) is 5.82 Å². The topological polar surface area (TPSA) is 59.1 Å². The molecule has 100 valence electrons. The summed E-state index contributed by atoms with van der Waals surface area (Å²) >= 11 is 9.72. The van der Waals surface area contributed by atoms with E-state index < -0.39 is 10.0 Å². The van der Waals surface area contributed by atoms with E-state index >= 15 is 0 Å². The average Bonchev–Trinajstić information content (AvgIpc) is 2.35. The standard InChI is InChI=1S/C11H7Br3N2O2S/c12-7-3-4-8(13)10(6-7)19(17,18)16-11-9(14)2-1-5-15-11/h1-6H,(H,15,16). The van der Waals surface area contributed by atoms with E-state index in [9.17, 15) is 8.42 Å². The first-order chi connectivity index (χ1) is 8.90. The predicted molar refractivity (Wildman–Crippen MR) is 84.6 cm³/mol. The first-order valence-corrected chi connectivity index (χ1v) is 8.85. The molecule has 0 spiro atoms. The number of nitrogens with one attached hydrogen (secondary N) is 1. The fourth-order valence-electron chi connectivity index (χ4n) is 1.33. The number of pyridine rings is 1. The number of hydrogen-bond donors (Lipinski definition) is 1. The molecule has 0 unspecified atom stereocenters. The number of rotatable bonds is 3. The summed E-state index contributed by atoms with van der Waals surface area (Å²) in [4.78, 5) is 4.12. The van der Waals surface area contributed by atoms with Gasteiger partial charge in [0.25, 0.3) is 10.0 Å². The van der Waals surface area contributed by atoms with E-state index in [1.165, 1.54) is 12.3 Å². The number of halogens is 3. The Labute approximate surface area is 136 Å². The highest BCUT2D eigenvalue weighted by atomic mass is 79.9. The van der Waals surface area contributed by atoms with Crippen LogP contribution in [0.3, 0.4) is 0 Å². The number of nitrogens with zero attached hydrogens (tertiary/aromatic N) is 1. The number of aromatic nitrogens is 1. The normalized spacial score (nSPS) is 11.3. The number of benzene rings is 1. The third-order valence-corrected chi connectivity index (χ3v) is 5.64. The van der Waals surface area contributed by atoms with Crippen molar-refractivity contribution in [2.45, 2.75) is 4.90 Å². The second kappa shape index (κ2) is 5.90. The fraction of sp³-hybridized carbons (Fsp3) is 0. The summed E-state index contributed by atoms with van der Waals surface area (Å²) in [5.74, 6) is 0.245. The zero-order valence-corrected chi connectivity index (χ0v) is 14.8. The van der Waals surface area contributed by atoms with Crippen LogP contribution in [0, 0.1) is 0 Å². The van der Waals surface area contributed by atoms with Gasteiger partial charge in [0.05, 0.1) is 4.47 Å². The monoisotopic (exact) mass is 468 g/mol. The number of hydrogen-bond acceptors (Lipinski definition) is 3. The molecule has 2 aromatic rings. The minimum Gasteiger partial charge on any atom is -0.262 e. The minimum atomic E-state index is -3.71. The van der Waals surface area contributed by atoms with Gasteiger partial charge in [0, 0.05) is 15.1 Å². The second-order valence-electron chi connectivity index (χ2n) is 3.51. The van der Waals surface area contributed by atoms with E-state index in [2.05, 4.69) is 57.5 Å². The van der Waals surface area contributed by atoms with E-state index in [1.807, 2.05) is 0 Å². The van der Waals surface area contributed by atoms with Crippen molar-refractivity contribution < 1.29 is 8.42 Å². The van der Waals surface area contributed by atoms with Crippen molar-refractivity contribution in [3.8, 4) is 0 Å². The molecule has 2 rings (SSSR count). The van der Waals surface area contributed by atoms with Crippen LogP contribution in [0.1, 0.15) is 0 Å². The quantitative estimate of drug-likeness (QED) is 0.732. The molecule has 1 aromatic heterocycles. The lowest BCUT2D eigenvalue weighted by molar-refractivity contribution is 0.600. The van der Waals surface area contributed by atoms with Gasteiger partial charge in [-0.2, -0.15) is 0 Å². The van der Waals surface area contributed by atoms with Crippen LogP contribution in [-0.2, 0) is 10.0 Å². The molecule has 0 fully saturated rings. The lowest BCUT2D eigenvalue weighted by atomic mass is 10.4. The highest BCUT2D eigenvalue weighted by Crippen LogP contribution is 2.28. The SMILES string of the molecule is O=S(=O)(Nc1ncccc1Br)c1cc(Br)ccc1Br. The lowest BCUT2D eigenvalue weighted by Gasteiger charge is -2.10. The summed E-state index contributed by atoms with van der Waals surface area (Å²) in [7, 11) is -3.71. The summed E-state index contributed by atoms with van der Waals surface area (Å²) in [6.07, 6.45) is 1.51. The lowest BCUT2D eigenvalue weighted by Crippen LogP contribution is -2.14. The van der Waals surface area contributed by atoms with Gasteiger partial charge in [-0.25, -0.2) is 13.4 Å². The van der Waals surface area contributed by atoms with Crippen LogP contribution in [0.15, 0.2) is 54.8 Å². The van der Waals surface area contributed by atoms with Gasteiger partial charge in [-0.05, 0) is 62.2 Å². The number of sulfonamides is 1. The summed E-state index contributed by atoms with van der Waals surface area (Å²) in [5.41, 5.74) is 0. The van der Waals surface area contributed by atoms with Crippen molar-refractivity contribution in [1.29, 1.82) is 0 Å². The molecule has 1 N–H and O–H groups in total. The van der Waals surface area contributed by atoms with Gasteiger partial charge in [0.1, 0.15) is 4.90 Å². The highest BCUT2D eigenvalue weighted by Gasteiger charge is 2.19. The van der Waals surface area contributed by atoms with Gasteiger partial charge < -0.3 is 0 Å². The molecule has 0 bridgehead atoms. The Morgan fingerprint density at radius 1 is 1.05 bits per heavy atom. The Morgan fingerprint density at radius 2 is 1.79 bits per heavy atom. The van der Waals surface area contributed by atoms with Crippen LogP contribution in [-0.4, -0.2) is 13.4 Å². The van der Waals surface area contributed by atoms with E-state index in [0.717, 1.165) is 0 Å². The van der Waals surface area contributed by atoms with Gasteiger partial charge >= 0.3 is 0 Å². The molecule has 0 saturated heterocycles. The molecule has 0 saturated carbocycles. The maximum Gasteiger partial charge on any atom is 0.264 e. The van der Waals surface area contributed by atoms with E-state index in [1.54, 1.807) is 24.3 Å². The van der Waals surface area contributed by atoms with Crippen LogP contribution in [0.25, 0.3) is 0 Å². The summed E-state index contributed by atoms with van der Waals surface area (Å²) in [5, 5.41) is 0. The van der Waals surface area contributed by atoms with Crippen molar-refractivity contribution in [3.63, 3.8) is 0 Å². The maximum absolute atomic E-state index is 12.3. The Hall–Kier alpha value is -0.440. The molecule has 1 heterocycles. The first kappa shape index (κ1) is 15.0. The van der Waals surface area contributed by atoms with Gasteiger partial charge in [-0.1, -0.05) is 15.9 Å². The molecule has 0 atom stereocenters. The van der Waals surface area contributed by atoms with E-state index in [0.29, 0.717) is 13.4 Å². The van der Waals surface area contributed by atoms with Gasteiger partial charge in [-0.15, -0.1) is 0 Å². The highest BCUT2D eigenvalue weighted by molar-refractivity contribution is 9.11. The van der Waals surface area contributed by atoms with Crippen LogP contribution in [0.5, 0.6) is 0 Å². The van der Waals surface area contributed by atoms with Crippen molar-refractivity contribution >= 4 is 63.6 Å². The Balaban J connectivity index is 2.44. The van der Waals surface area contributed by atoms with Crippen molar-refractivity contribution in [3.05, 3.63) is 49.9 Å². The van der Waals surface area contributed by atoms with Crippen LogP contribution in [0.2, 0.25) is 0 Å². The largest absolute Gasteiger partial charge is 0.264 e. The smallest absolute Gasteiger partial charge is 0.262 e. The van der Waals surface area contributed by atoms with Crippen molar-refractivity contribution in [2.24, 2.45) is 0 Å². The van der Waals surface area contributed by atoms with Gasteiger partial charge in [-0.3, -0.25) is 4.72 Å². The molecular weight excluding hydrogens is 464 g/mol. The minimum absolute atomic E-state index is 0.138. The maximum atomic E-state index is 12.3. The Morgan fingerprint density at radius 3 is 2.47 bits per heavy atom. The third kappa shape index (κ3) is 3.56. The zero-order valence-electron chi connectivity index (χ0n) is 9.27. The zero-order chi connectivity index (χ0) is 14.0. The molecular formula is C11H7Br3N2O2S. The number of anilines is 1. The molecule has 19 heavy (non-hydrogen) atoms. The van der Waals surface area contributed by atoms with E-state index in [-0.39, 0.29) is 10.7 Å². The summed E-state index contributed by atoms with van der Waals surface area (Å²) in [6.45, 7) is 0. The van der Waals surface area contributed by atoms with Gasteiger partial charge in [0.15, 0.2) is 5.82 Å². The van der Waals surface area contributed by atoms with Crippen molar-refractivity contribution in [2.75, 3.05) is 4.72 Å².